The number of benzene rings is 2. The molecule has 3 N–H and O–H groups in total. The summed E-state index contributed by atoms with van der Waals surface area (Å²) in [5, 5.41) is 2.83. The smallest absolute Gasteiger partial charge is 0.255 e. The molecule has 2 aromatic rings. The SMILES string of the molecule is Nc1cccc(C(=O)Nc2cccc(I)c2)c1. The van der Waals surface area contributed by atoms with Gasteiger partial charge in [0.25, 0.3) is 5.91 Å². The van der Waals surface area contributed by atoms with Crippen LogP contribution in [0.2, 0.25) is 0 Å². The Morgan fingerprint density at radius 1 is 1.12 bits per heavy atom. The normalized spacial score (nSPS) is 9.94. The maximum Gasteiger partial charge on any atom is 0.255 e. The maximum atomic E-state index is 11.9. The van der Waals surface area contributed by atoms with Gasteiger partial charge >= 0.3 is 0 Å². The van der Waals surface area contributed by atoms with Crippen LogP contribution in [-0.4, -0.2) is 5.91 Å². The molecule has 0 aliphatic rings. The van der Waals surface area contributed by atoms with Crippen molar-refractivity contribution in [3.05, 3.63) is 57.7 Å². The third-order valence-corrected chi connectivity index (χ3v) is 2.90. The number of carbonyl (C=O) groups is 1. The van der Waals surface area contributed by atoms with Crippen LogP contribution in [0.5, 0.6) is 0 Å². The van der Waals surface area contributed by atoms with E-state index in [1.54, 1.807) is 24.3 Å². The molecule has 3 nitrogen and oxygen atoms in total. The summed E-state index contributed by atoms with van der Waals surface area (Å²) in [5.74, 6) is -0.153. The van der Waals surface area contributed by atoms with E-state index in [4.69, 9.17) is 5.73 Å². The van der Waals surface area contributed by atoms with Gasteiger partial charge in [-0.25, -0.2) is 0 Å². The van der Waals surface area contributed by atoms with Gasteiger partial charge < -0.3 is 11.1 Å². The van der Waals surface area contributed by atoms with Crippen molar-refractivity contribution in [3.8, 4) is 0 Å². The van der Waals surface area contributed by atoms with Gasteiger partial charge in [0.1, 0.15) is 0 Å². The first kappa shape index (κ1) is 11.9. The van der Waals surface area contributed by atoms with Crippen LogP contribution in [-0.2, 0) is 0 Å². The molecule has 0 saturated carbocycles. The monoisotopic (exact) mass is 338 g/mol. The Balaban J connectivity index is 2.17. The van der Waals surface area contributed by atoms with Gasteiger partial charge in [0.05, 0.1) is 0 Å². The van der Waals surface area contributed by atoms with Crippen molar-refractivity contribution < 1.29 is 4.79 Å². The minimum absolute atomic E-state index is 0.153. The zero-order chi connectivity index (χ0) is 12.3. The maximum absolute atomic E-state index is 11.9. The number of nitrogens with two attached hydrogens (primary N) is 1. The van der Waals surface area contributed by atoms with E-state index in [1.807, 2.05) is 24.3 Å². The molecule has 0 fully saturated rings. The minimum Gasteiger partial charge on any atom is -0.399 e. The summed E-state index contributed by atoms with van der Waals surface area (Å²) in [4.78, 5) is 11.9. The Morgan fingerprint density at radius 3 is 2.59 bits per heavy atom. The fourth-order valence-corrected chi connectivity index (χ4v) is 1.99. The number of nitrogens with one attached hydrogen (secondary N) is 1. The van der Waals surface area contributed by atoms with Crippen LogP contribution in [0.4, 0.5) is 11.4 Å². The minimum atomic E-state index is -0.153. The molecule has 1 amide bonds. The Hall–Kier alpha value is -1.56. The predicted molar refractivity (Wildman–Crippen MR) is 78.0 cm³/mol. The van der Waals surface area contributed by atoms with Crippen LogP contribution >= 0.6 is 22.6 Å². The largest absolute Gasteiger partial charge is 0.399 e. The molecule has 86 valence electrons. The number of anilines is 2. The zero-order valence-corrected chi connectivity index (χ0v) is 11.1. The first-order chi connectivity index (χ1) is 8.15. The van der Waals surface area contributed by atoms with E-state index in [0.29, 0.717) is 11.3 Å². The highest BCUT2D eigenvalue weighted by Gasteiger charge is 2.05. The average molecular weight is 338 g/mol. The van der Waals surface area contributed by atoms with Crippen molar-refractivity contribution in [2.45, 2.75) is 0 Å². The highest BCUT2D eigenvalue weighted by Crippen LogP contribution is 2.14. The standard InChI is InChI=1S/C13H11IN2O/c14-10-4-2-6-12(8-10)16-13(17)9-3-1-5-11(15)7-9/h1-8H,15H2,(H,16,17). The molecule has 4 heteroatoms. The van der Waals surface area contributed by atoms with Crippen molar-refractivity contribution in [3.63, 3.8) is 0 Å². The second kappa shape index (κ2) is 5.18. The van der Waals surface area contributed by atoms with Crippen LogP contribution in [0.15, 0.2) is 48.5 Å². The molecule has 2 aromatic carbocycles. The molecule has 0 atom stereocenters. The molecule has 0 aromatic heterocycles. The molecule has 0 unspecified atom stereocenters. The summed E-state index contributed by atoms with van der Waals surface area (Å²) in [6, 6.07) is 14.5. The number of hydrogen-bond donors (Lipinski definition) is 2. The van der Waals surface area contributed by atoms with E-state index >= 15 is 0 Å². The van der Waals surface area contributed by atoms with Crippen LogP contribution < -0.4 is 11.1 Å². The van der Waals surface area contributed by atoms with Crippen molar-refractivity contribution in [2.24, 2.45) is 0 Å². The van der Waals surface area contributed by atoms with Crippen molar-refractivity contribution in [1.82, 2.24) is 0 Å². The van der Waals surface area contributed by atoms with E-state index in [0.717, 1.165) is 9.26 Å². The second-order valence-corrected chi connectivity index (χ2v) is 4.84. The summed E-state index contributed by atoms with van der Waals surface area (Å²) in [5.41, 5.74) is 7.56. The lowest BCUT2D eigenvalue weighted by Crippen LogP contribution is -2.12. The summed E-state index contributed by atoms with van der Waals surface area (Å²) in [7, 11) is 0. The topological polar surface area (TPSA) is 55.1 Å². The summed E-state index contributed by atoms with van der Waals surface area (Å²) in [6.45, 7) is 0. The lowest BCUT2D eigenvalue weighted by molar-refractivity contribution is 0.102. The van der Waals surface area contributed by atoms with E-state index in [1.165, 1.54) is 0 Å². The predicted octanol–water partition coefficient (Wildman–Crippen LogP) is 3.13. The van der Waals surface area contributed by atoms with Gasteiger partial charge in [0.15, 0.2) is 0 Å². The van der Waals surface area contributed by atoms with Crippen molar-refractivity contribution >= 4 is 39.9 Å². The van der Waals surface area contributed by atoms with Gasteiger partial charge in [-0.1, -0.05) is 12.1 Å². The van der Waals surface area contributed by atoms with E-state index in [2.05, 4.69) is 27.9 Å². The molecular weight excluding hydrogens is 327 g/mol. The van der Waals surface area contributed by atoms with Crippen LogP contribution in [0, 0.1) is 3.57 Å². The molecular formula is C13H11IN2O. The van der Waals surface area contributed by atoms with Gasteiger partial charge in [0.2, 0.25) is 0 Å². The lowest BCUT2D eigenvalue weighted by Gasteiger charge is -2.06. The molecule has 0 aliphatic carbocycles. The van der Waals surface area contributed by atoms with Crippen molar-refractivity contribution in [2.75, 3.05) is 11.1 Å². The van der Waals surface area contributed by atoms with Crippen LogP contribution in [0.3, 0.4) is 0 Å². The average Bonchev–Trinajstić information content (AvgIpc) is 2.29. The Labute approximate surface area is 113 Å². The number of amides is 1. The molecule has 0 saturated heterocycles. The van der Waals surface area contributed by atoms with Crippen LogP contribution in [0.25, 0.3) is 0 Å². The third kappa shape index (κ3) is 3.20. The van der Waals surface area contributed by atoms with E-state index in [-0.39, 0.29) is 5.91 Å². The number of nitrogen functional groups attached to an aromatic ring is 1. The molecule has 2 rings (SSSR count). The summed E-state index contributed by atoms with van der Waals surface area (Å²) >= 11 is 2.20. The summed E-state index contributed by atoms with van der Waals surface area (Å²) < 4.78 is 1.08. The third-order valence-electron chi connectivity index (χ3n) is 2.23. The van der Waals surface area contributed by atoms with Crippen LogP contribution in [0.1, 0.15) is 10.4 Å². The fraction of sp³-hybridized carbons (Fsp3) is 0. The zero-order valence-electron chi connectivity index (χ0n) is 8.98. The highest BCUT2D eigenvalue weighted by molar-refractivity contribution is 14.1. The van der Waals surface area contributed by atoms with E-state index < -0.39 is 0 Å². The molecule has 17 heavy (non-hydrogen) atoms. The number of halogens is 1. The van der Waals surface area contributed by atoms with Gasteiger partial charge in [-0.05, 0) is 59.0 Å². The Bertz CT molecular complexity index is 555. The van der Waals surface area contributed by atoms with Gasteiger partial charge in [-0.2, -0.15) is 0 Å². The quantitative estimate of drug-likeness (QED) is 0.653. The Morgan fingerprint density at radius 2 is 1.88 bits per heavy atom. The fourth-order valence-electron chi connectivity index (χ4n) is 1.45. The van der Waals surface area contributed by atoms with Gasteiger partial charge in [-0.15, -0.1) is 0 Å². The van der Waals surface area contributed by atoms with E-state index in [9.17, 15) is 4.79 Å². The highest BCUT2D eigenvalue weighted by atomic mass is 127. The first-order valence-corrected chi connectivity index (χ1v) is 6.15. The first-order valence-electron chi connectivity index (χ1n) is 5.07. The van der Waals surface area contributed by atoms with Gasteiger partial charge in [-0.3, -0.25) is 4.79 Å². The molecule has 0 spiro atoms. The summed E-state index contributed by atoms with van der Waals surface area (Å²) in [6.07, 6.45) is 0. The Kier molecular flexibility index (Phi) is 3.63. The number of carbonyl (C=O) groups excluding carboxylic acids is 1. The lowest BCUT2D eigenvalue weighted by atomic mass is 10.2. The van der Waals surface area contributed by atoms with Gasteiger partial charge in [0, 0.05) is 20.5 Å². The number of rotatable bonds is 2. The molecule has 0 aliphatic heterocycles. The molecule has 0 bridgehead atoms. The number of hydrogen-bond acceptors (Lipinski definition) is 2. The second-order valence-electron chi connectivity index (χ2n) is 3.59. The molecule has 0 heterocycles. The van der Waals surface area contributed by atoms with Crippen molar-refractivity contribution in [1.29, 1.82) is 0 Å². The molecule has 0 radical (unpaired) electrons.